The Bertz CT molecular complexity index is 918. The van der Waals surface area contributed by atoms with Crippen LogP contribution >= 0.6 is 0 Å². The van der Waals surface area contributed by atoms with Crippen LogP contribution < -0.4 is 0 Å². The largest absolute Gasteiger partial charge is 0.462 e. The lowest BCUT2D eigenvalue weighted by atomic mass is 9.99. The van der Waals surface area contributed by atoms with Crippen LogP contribution in [0, 0.1) is 17.8 Å². The zero-order valence-electron chi connectivity index (χ0n) is 40.5. The van der Waals surface area contributed by atoms with Crippen LogP contribution in [0.25, 0.3) is 0 Å². The fourth-order valence-corrected chi connectivity index (χ4v) is 7.87. The molecule has 0 saturated carbocycles. The van der Waals surface area contributed by atoms with Crippen molar-refractivity contribution in [2.75, 3.05) is 13.2 Å². The maximum atomic E-state index is 12.8. The van der Waals surface area contributed by atoms with Crippen LogP contribution in [0.3, 0.4) is 0 Å². The van der Waals surface area contributed by atoms with Crippen molar-refractivity contribution in [3.8, 4) is 0 Å². The van der Waals surface area contributed by atoms with Crippen LogP contribution in [0.5, 0.6) is 0 Å². The van der Waals surface area contributed by atoms with E-state index in [4.69, 9.17) is 14.2 Å². The Hall–Kier alpha value is -1.59. The third-order valence-corrected chi connectivity index (χ3v) is 12.6. The highest BCUT2D eigenvalue weighted by Gasteiger charge is 2.19. The molecule has 6 nitrogen and oxygen atoms in total. The first kappa shape index (κ1) is 57.4. The number of esters is 3. The van der Waals surface area contributed by atoms with Gasteiger partial charge in [-0.15, -0.1) is 0 Å². The molecule has 59 heavy (non-hydrogen) atoms. The summed E-state index contributed by atoms with van der Waals surface area (Å²) in [5.74, 6) is 1.63. The highest BCUT2D eigenvalue weighted by atomic mass is 16.6. The van der Waals surface area contributed by atoms with Crippen molar-refractivity contribution in [1.82, 2.24) is 0 Å². The van der Waals surface area contributed by atoms with E-state index in [-0.39, 0.29) is 31.1 Å². The van der Waals surface area contributed by atoms with Gasteiger partial charge >= 0.3 is 17.9 Å². The molecule has 0 amide bonds. The van der Waals surface area contributed by atoms with Gasteiger partial charge in [0.15, 0.2) is 6.10 Å². The number of hydrogen-bond acceptors (Lipinski definition) is 6. The molecule has 0 aliphatic rings. The van der Waals surface area contributed by atoms with Crippen molar-refractivity contribution in [3.63, 3.8) is 0 Å². The molecule has 0 spiro atoms. The smallest absolute Gasteiger partial charge is 0.306 e. The van der Waals surface area contributed by atoms with E-state index in [9.17, 15) is 14.4 Å². The molecule has 0 saturated heterocycles. The van der Waals surface area contributed by atoms with E-state index in [1.165, 1.54) is 167 Å². The Balaban J connectivity index is 4.18. The van der Waals surface area contributed by atoms with Crippen molar-refractivity contribution in [3.05, 3.63) is 0 Å². The van der Waals surface area contributed by atoms with E-state index >= 15 is 0 Å². The molecule has 0 aliphatic heterocycles. The third-order valence-electron chi connectivity index (χ3n) is 12.6. The van der Waals surface area contributed by atoms with Crippen LogP contribution in [0.4, 0.5) is 0 Å². The maximum absolute atomic E-state index is 12.8. The summed E-state index contributed by atoms with van der Waals surface area (Å²) >= 11 is 0. The zero-order chi connectivity index (χ0) is 43.4. The van der Waals surface area contributed by atoms with Gasteiger partial charge in [-0.25, -0.2) is 0 Å². The average molecular weight is 835 g/mol. The fourth-order valence-electron chi connectivity index (χ4n) is 7.87. The Morgan fingerprint density at radius 2 is 0.593 bits per heavy atom. The molecule has 0 aromatic carbocycles. The predicted molar refractivity (Wildman–Crippen MR) is 252 cm³/mol. The number of carbonyl (C=O) groups excluding carboxylic acids is 3. The van der Waals surface area contributed by atoms with E-state index in [2.05, 4.69) is 41.5 Å². The molecule has 2 unspecified atom stereocenters. The average Bonchev–Trinajstić information content (AvgIpc) is 3.22. The Morgan fingerprint density at radius 3 is 0.881 bits per heavy atom. The van der Waals surface area contributed by atoms with Gasteiger partial charge in [-0.05, 0) is 37.0 Å². The van der Waals surface area contributed by atoms with Gasteiger partial charge in [0.25, 0.3) is 0 Å². The third kappa shape index (κ3) is 44.3. The molecule has 6 heteroatoms. The molecular weight excluding hydrogens is 733 g/mol. The molecule has 0 N–H and O–H groups in total. The van der Waals surface area contributed by atoms with Crippen molar-refractivity contribution in [2.45, 2.75) is 292 Å². The molecule has 3 atom stereocenters. The second-order valence-corrected chi connectivity index (χ2v) is 19.1. The normalized spacial score (nSPS) is 13.1. The van der Waals surface area contributed by atoms with Crippen molar-refractivity contribution >= 4 is 17.9 Å². The van der Waals surface area contributed by atoms with Crippen molar-refractivity contribution < 1.29 is 28.6 Å². The maximum Gasteiger partial charge on any atom is 0.306 e. The highest BCUT2D eigenvalue weighted by molar-refractivity contribution is 5.71. The quantitative estimate of drug-likeness (QED) is 0.0345. The molecule has 350 valence electrons. The summed E-state index contributed by atoms with van der Waals surface area (Å²) in [7, 11) is 0. The van der Waals surface area contributed by atoms with Gasteiger partial charge in [-0.1, -0.05) is 247 Å². The number of rotatable bonds is 46. The lowest BCUT2D eigenvalue weighted by Crippen LogP contribution is -2.30. The van der Waals surface area contributed by atoms with Crippen LogP contribution in [0.1, 0.15) is 286 Å². The lowest BCUT2D eigenvalue weighted by Gasteiger charge is -2.18. The number of hydrogen-bond donors (Lipinski definition) is 0. The van der Waals surface area contributed by atoms with Gasteiger partial charge in [0, 0.05) is 19.3 Å². The Labute approximate surface area is 368 Å². The van der Waals surface area contributed by atoms with Gasteiger partial charge in [-0.2, -0.15) is 0 Å². The molecule has 0 rings (SSSR count). The highest BCUT2D eigenvalue weighted by Crippen LogP contribution is 2.18. The minimum atomic E-state index is -0.763. The fraction of sp³-hybridized carbons (Fsp3) is 0.943. The summed E-state index contributed by atoms with van der Waals surface area (Å²) in [6.45, 7) is 13.7. The monoisotopic (exact) mass is 835 g/mol. The van der Waals surface area contributed by atoms with Crippen molar-refractivity contribution in [1.29, 1.82) is 0 Å². The number of ether oxygens (including phenoxy) is 3. The minimum Gasteiger partial charge on any atom is -0.462 e. The first-order valence-corrected chi connectivity index (χ1v) is 26.2. The first-order valence-electron chi connectivity index (χ1n) is 26.2. The number of carbonyl (C=O) groups is 3. The van der Waals surface area contributed by atoms with Crippen LogP contribution in [-0.4, -0.2) is 37.2 Å². The summed E-state index contributed by atoms with van der Waals surface area (Å²) in [5, 5.41) is 0. The molecule has 0 radical (unpaired) electrons. The standard InChI is InChI=1S/C53H102O6/c1-7-48(5)40-34-28-21-19-17-15-13-11-9-10-12-14-16-18-20-22-32-38-44-53(56)59-50(45-57-51(54)42-36-30-25-23-27-33-39-47(3)4)46-58-52(55)43-37-31-26-24-29-35-41-49(6)8-2/h47-50H,7-46H2,1-6H3/t48?,49?,50-/m1/s1. The SMILES string of the molecule is CCC(C)CCCCCCCCCCCCCCCCCCCCC(=O)O[C@H](COC(=O)CCCCCCCCC(C)C)COC(=O)CCCCCCCCC(C)CC. The lowest BCUT2D eigenvalue weighted by molar-refractivity contribution is -0.167. The van der Waals surface area contributed by atoms with E-state index < -0.39 is 6.10 Å². The second kappa shape index (κ2) is 44.5. The second-order valence-electron chi connectivity index (χ2n) is 19.1. The van der Waals surface area contributed by atoms with Crippen LogP contribution in [-0.2, 0) is 28.6 Å². The molecular formula is C53H102O6. The summed E-state index contributed by atoms with van der Waals surface area (Å²) in [5.41, 5.74) is 0. The molecule has 0 aromatic heterocycles. The zero-order valence-corrected chi connectivity index (χ0v) is 40.5. The van der Waals surface area contributed by atoms with E-state index in [1.807, 2.05) is 0 Å². The summed E-state index contributed by atoms with van der Waals surface area (Å²) in [6.07, 6.45) is 44.0. The summed E-state index contributed by atoms with van der Waals surface area (Å²) in [4.78, 5) is 37.8. The molecule has 0 bridgehead atoms. The van der Waals surface area contributed by atoms with Crippen molar-refractivity contribution in [2.24, 2.45) is 17.8 Å². The van der Waals surface area contributed by atoms with Gasteiger partial charge < -0.3 is 14.2 Å². The minimum absolute atomic E-state index is 0.0668. The summed E-state index contributed by atoms with van der Waals surface area (Å²) < 4.78 is 16.8. The Kier molecular flexibility index (Phi) is 43.3. The summed E-state index contributed by atoms with van der Waals surface area (Å²) in [6, 6.07) is 0. The van der Waals surface area contributed by atoms with Crippen LogP contribution in [0.15, 0.2) is 0 Å². The van der Waals surface area contributed by atoms with Gasteiger partial charge in [0.1, 0.15) is 13.2 Å². The van der Waals surface area contributed by atoms with Gasteiger partial charge in [0.05, 0.1) is 0 Å². The Morgan fingerprint density at radius 1 is 0.339 bits per heavy atom. The molecule has 0 aliphatic carbocycles. The van der Waals surface area contributed by atoms with E-state index in [0.29, 0.717) is 19.3 Å². The first-order chi connectivity index (χ1) is 28.7. The molecule has 0 aromatic rings. The van der Waals surface area contributed by atoms with E-state index in [1.54, 1.807) is 0 Å². The van der Waals surface area contributed by atoms with Gasteiger partial charge in [0.2, 0.25) is 0 Å². The predicted octanol–water partition coefficient (Wildman–Crippen LogP) is 16.8. The van der Waals surface area contributed by atoms with E-state index in [0.717, 1.165) is 75.5 Å². The molecule has 0 heterocycles. The topological polar surface area (TPSA) is 78.9 Å². The van der Waals surface area contributed by atoms with Crippen LogP contribution in [0.2, 0.25) is 0 Å². The van der Waals surface area contributed by atoms with Gasteiger partial charge in [-0.3, -0.25) is 14.4 Å². The number of unbranched alkanes of at least 4 members (excludes halogenated alkanes) is 27. The molecule has 0 fully saturated rings.